The van der Waals surface area contributed by atoms with Gasteiger partial charge in [-0.05, 0) is 44.2 Å². The number of hydrogen-bond acceptors (Lipinski definition) is 6. The predicted molar refractivity (Wildman–Crippen MR) is 127 cm³/mol. The summed E-state index contributed by atoms with van der Waals surface area (Å²) in [6, 6.07) is 8.02. The Hall–Kier alpha value is -3.11. The van der Waals surface area contributed by atoms with E-state index < -0.39 is 0 Å². The summed E-state index contributed by atoms with van der Waals surface area (Å²) in [6.07, 6.45) is 0.307. The molecule has 33 heavy (non-hydrogen) atoms. The van der Waals surface area contributed by atoms with Crippen LogP contribution in [0.3, 0.4) is 0 Å². The van der Waals surface area contributed by atoms with Crippen molar-refractivity contribution in [3.05, 3.63) is 62.8 Å². The summed E-state index contributed by atoms with van der Waals surface area (Å²) in [6.45, 7) is 5.85. The second-order valence-electron chi connectivity index (χ2n) is 8.04. The summed E-state index contributed by atoms with van der Waals surface area (Å²) in [5, 5.41) is 8.25. The van der Waals surface area contributed by atoms with Crippen molar-refractivity contribution in [1.29, 1.82) is 0 Å². The molecule has 0 bridgehead atoms. The fourth-order valence-electron chi connectivity index (χ4n) is 3.95. The van der Waals surface area contributed by atoms with Crippen molar-refractivity contribution in [2.75, 3.05) is 26.2 Å². The molecule has 1 fully saturated rings. The maximum atomic E-state index is 13.3. The van der Waals surface area contributed by atoms with E-state index in [2.05, 4.69) is 10.1 Å². The highest BCUT2D eigenvalue weighted by molar-refractivity contribution is 7.20. The van der Waals surface area contributed by atoms with Crippen molar-refractivity contribution >= 4 is 44.7 Å². The number of amides is 2. The summed E-state index contributed by atoms with van der Waals surface area (Å²) in [5.74, 6) is -0.294. The molecule has 0 unspecified atom stereocenters. The van der Waals surface area contributed by atoms with Crippen molar-refractivity contribution in [2.24, 2.45) is 0 Å². The molecule has 1 saturated heterocycles. The van der Waals surface area contributed by atoms with Crippen molar-refractivity contribution in [2.45, 2.75) is 20.3 Å². The Morgan fingerprint density at radius 1 is 1.06 bits per heavy atom. The van der Waals surface area contributed by atoms with Crippen LogP contribution in [0.5, 0.6) is 0 Å². The first-order valence-electron chi connectivity index (χ1n) is 10.6. The quantitative estimate of drug-likeness (QED) is 0.442. The molecule has 0 saturated carbocycles. The van der Waals surface area contributed by atoms with Gasteiger partial charge >= 0.3 is 0 Å². The van der Waals surface area contributed by atoms with Gasteiger partial charge in [0.05, 0.1) is 22.7 Å². The standard InChI is InChI=1S/C23H22FN5O2S2/c1-14-13-32-20(25-14)12-21(30)27-7-9-28(10-8-27)22(31)19-11-18-15(2)26-29(23(18)33-19)17-5-3-16(24)4-6-17/h3-6,11,13H,7-10,12H2,1-2H3. The van der Waals surface area contributed by atoms with E-state index in [0.29, 0.717) is 37.5 Å². The first-order valence-corrected chi connectivity index (χ1v) is 12.3. The number of thiophene rings is 1. The molecule has 170 valence electrons. The fourth-order valence-corrected chi connectivity index (χ4v) is 5.86. The number of halogens is 1. The Morgan fingerprint density at radius 3 is 2.42 bits per heavy atom. The minimum atomic E-state index is -0.305. The fraction of sp³-hybridized carbons (Fsp3) is 0.304. The molecule has 1 aromatic carbocycles. The zero-order chi connectivity index (χ0) is 23.1. The lowest BCUT2D eigenvalue weighted by atomic mass is 10.2. The van der Waals surface area contributed by atoms with E-state index in [1.54, 1.807) is 21.7 Å². The monoisotopic (exact) mass is 483 g/mol. The van der Waals surface area contributed by atoms with E-state index in [1.165, 1.54) is 34.8 Å². The number of aryl methyl sites for hydroxylation is 2. The van der Waals surface area contributed by atoms with Gasteiger partial charge in [0.15, 0.2) is 0 Å². The largest absolute Gasteiger partial charge is 0.339 e. The molecular formula is C23H22FN5O2S2. The second-order valence-corrected chi connectivity index (χ2v) is 10.0. The van der Waals surface area contributed by atoms with E-state index in [0.717, 1.165) is 32.3 Å². The van der Waals surface area contributed by atoms with Gasteiger partial charge in [-0.1, -0.05) is 0 Å². The van der Waals surface area contributed by atoms with Crippen LogP contribution in [-0.4, -0.2) is 62.6 Å². The number of rotatable bonds is 4. The Balaban J connectivity index is 1.28. The minimum Gasteiger partial charge on any atom is -0.339 e. The number of carbonyl (C=O) groups excluding carboxylic acids is 2. The highest BCUT2D eigenvalue weighted by Crippen LogP contribution is 2.31. The molecule has 3 aromatic heterocycles. The summed E-state index contributed by atoms with van der Waals surface area (Å²) < 4.78 is 15.1. The summed E-state index contributed by atoms with van der Waals surface area (Å²) in [5.41, 5.74) is 2.50. The lowest BCUT2D eigenvalue weighted by Crippen LogP contribution is -2.50. The molecule has 1 aliphatic heterocycles. The van der Waals surface area contributed by atoms with Gasteiger partial charge in [-0.25, -0.2) is 14.1 Å². The van der Waals surface area contributed by atoms with Gasteiger partial charge in [0.2, 0.25) is 5.91 Å². The summed E-state index contributed by atoms with van der Waals surface area (Å²) in [4.78, 5) is 35.2. The first kappa shape index (κ1) is 21.7. The zero-order valence-corrected chi connectivity index (χ0v) is 19.9. The topological polar surface area (TPSA) is 71.3 Å². The average Bonchev–Trinajstić information content (AvgIpc) is 3.51. The molecule has 0 N–H and O–H groups in total. The lowest BCUT2D eigenvalue weighted by molar-refractivity contribution is -0.131. The average molecular weight is 484 g/mol. The molecule has 5 rings (SSSR count). The van der Waals surface area contributed by atoms with Crippen LogP contribution in [0.15, 0.2) is 35.7 Å². The van der Waals surface area contributed by atoms with Crippen molar-refractivity contribution in [3.8, 4) is 5.69 Å². The van der Waals surface area contributed by atoms with Gasteiger partial charge < -0.3 is 9.80 Å². The van der Waals surface area contributed by atoms with Crippen LogP contribution in [0.25, 0.3) is 15.9 Å². The normalized spacial score (nSPS) is 14.3. The highest BCUT2D eigenvalue weighted by atomic mass is 32.1. The molecule has 7 nitrogen and oxygen atoms in total. The van der Waals surface area contributed by atoms with Gasteiger partial charge in [0.1, 0.15) is 15.7 Å². The highest BCUT2D eigenvalue weighted by Gasteiger charge is 2.27. The van der Waals surface area contributed by atoms with Crippen LogP contribution in [-0.2, 0) is 11.2 Å². The number of carbonyl (C=O) groups is 2. The minimum absolute atomic E-state index is 0.0381. The molecule has 0 spiro atoms. The van der Waals surface area contributed by atoms with E-state index >= 15 is 0 Å². The van der Waals surface area contributed by atoms with Crippen LogP contribution in [0, 0.1) is 19.7 Å². The van der Waals surface area contributed by atoms with Crippen LogP contribution in [0.2, 0.25) is 0 Å². The molecule has 4 aromatic rings. The van der Waals surface area contributed by atoms with Crippen molar-refractivity contribution < 1.29 is 14.0 Å². The van der Waals surface area contributed by atoms with E-state index in [-0.39, 0.29) is 17.6 Å². The molecule has 4 heterocycles. The number of piperazine rings is 1. The Morgan fingerprint density at radius 2 is 1.76 bits per heavy atom. The van der Waals surface area contributed by atoms with Gasteiger partial charge in [0, 0.05) is 42.6 Å². The van der Waals surface area contributed by atoms with Gasteiger partial charge in [-0.3, -0.25) is 9.59 Å². The van der Waals surface area contributed by atoms with E-state index in [1.807, 2.05) is 30.2 Å². The third-order valence-electron chi connectivity index (χ3n) is 5.72. The van der Waals surface area contributed by atoms with Gasteiger partial charge in [0.25, 0.3) is 5.91 Å². The van der Waals surface area contributed by atoms with Crippen molar-refractivity contribution in [1.82, 2.24) is 24.6 Å². The Labute approximate surface area is 198 Å². The maximum Gasteiger partial charge on any atom is 0.264 e. The van der Waals surface area contributed by atoms with Gasteiger partial charge in [-0.2, -0.15) is 5.10 Å². The lowest BCUT2D eigenvalue weighted by Gasteiger charge is -2.34. The molecule has 0 atom stereocenters. The number of thiazole rings is 1. The third-order valence-corrected chi connectivity index (χ3v) is 7.78. The first-order chi connectivity index (χ1) is 15.9. The van der Waals surface area contributed by atoms with Crippen molar-refractivity contribution in [3.63, 3.8) is 0 Å². The van der Waals surface area contributed by atoms with E-state index in [9.17, 15) is 14.0 Å². The SMILES string of the molecule is Cc1csc(CC(=O)N2CCN(C(=O)c3cc4c(C)nn(-c5ccc(F)cc5)c4s3)CC2)n1. The molecule has 0 aliphatic carbocycles. The Bertz CT molecular complexity index is 1330. The number of hydrogen-bond donors (Lipinski definition) is 0. The summed E-state index contributed by atoms with van der Waals surface area (Å²) >= 11 is 2.89. The predicted octanol–water partition coefficient (Wildman–Crippen LogP) is 3.83. The number of benzene rings is 1. The second kappa shape index (κ2) is 8.68. The smallest absolute Gasteiger partial charge is 0.264 e. The van der Waals surface area contributed by atoms with Gasteiger partial charge in [-0.15, -0.1) is 22.7 Å². The van der Waals surface area contributed by atoms with Crippen LogP contribution >= 0.6 is 22.7 Å². The number of fused-ring (bicyclic) bond motifs is 1. The molecule has 1 aliphatic rings. The van der Waals surface area contributed by atoms with Crippen LogP contribution in [0.1, 0.15) is 26.1 Å². The van der Waals surface area contributed by atoms with Crippen LogP contribution in [0.4, 0.5) is 4.39 Å². The molecule has 0 radical (unpaired) electrons. The third kappa shape index (κ3) is 4.28. The number of aromatic nitrogens is 3. The Kier molecular flexibility index (Phi) is 5.71. The maximum absolute atomic E-state index is 13.3. The van der Waals surface area contributed by atoms with Crippen LogP contribution < -0.4 is 0 Å². The zero-order valence-electron chi connectivity index (χ0n) is 18.2. The van der Waals surface area contributed by atoms with E-state index in [4.69, 9.17) is 0 Å². The molecule has 2 amide bonds. The number of nitrogens with zero attached hydrogens (tertiary/aromatic N) is 5. The molecule has 10 heteroatoms. The molecular weight excluding hydrogens is 461 g/mol. The summed E-state index contributed by atoms with van der Waals surface area (Å²) in [7, 11) is 0.